The second kappa shape index (κ2) is 8.94. The van der Waals surface area contributed by atoms with Gasteiger partial charge in [0, 0.05) is 24.1 Å². The van der Waals surface area contributed by atoms with E-state index in [0.717, 1.165) is 11.1 Å². The maximum Gasteiger partial charge on any atom is 0.338 e. The summed E-state index contributed by atoms with van der Waals surface area (Å²) in [5.74, 6) is 0.272. The quantitative estimate of drug-likeness (QED) is 0.628. The van der Waals surface area contributed by atoms with Crippen LogP contribution < -0.4 is 5.32 Å². The summed E-state index contributed by atoms with van der Waals surface area (Å²) in [7, 11) is 0. The van der Waals surface area contributed by atoms with E-state index in [1.807, 2.05) is 31.2 Å². The molecule has 28 heavy (non-hydrogen) atoms. The van der Waals surface area contributed by atoms with Gasteiger partial charge in [-0.25, -0.2) is 4.79 Å². The highest BCUT2D eigenvalue weighted by molar-refractivity contribution is 5.93. The van der Waals surface area contributed by atoms with Gasteiger partial charge in [0.1, 0.15) is 0 Å². The molecule has 1 N–H and O–H groups in total. The van der Waals surface area contributed by atoms with Crippen LogP contribution in [0.15, 0.2) is 52.9 Å². The highest BCUT2D eigenvalue weighted by atomic mass is 16.5. The van der Waals surface area contributed by atoms with Crippen LogP contribution in [0.4, 0.5) is 5.69 Å². The van der Waals surface area contributed by atoms with Crippen molar-refractivity contribution < 1.29 is 18.7 Å². The molecule has 0 atom stereocenters. The van der Waals surface area contributed by atoms with Crippen molar-refractivity contribution in [1.82, 2.24) is 10.2 Å². The van der Waals surface area contributed by atoms with Crippen molar-refractivity contribution >= 4 is 17.6 Å². The first-order valence-electron chi connectivity index (χ1n) is 9.01. The number of carbonyl (C=O) groups is 2. The van der Waals surface area contributed by atoms with Crippen molar-refractivity contribution in [1.29, 1.82) is 0 Å². The van der Waals surface area contributed by atoms with Gasteiger partial charge in [-0.3, -0.25) is 4.79 Å². The number of nitrogens with one attached hydrogen (secondary N) is 1. The highest BCUT2D eigenvalue weighted by Gasteiger charge is 2.11. The predicted octanol–water partition coefficient (Wildman–Crippen LogP) is 3.79. The van der Waals surface area contributed by atoms with E-state index in [9.17, 15) is 9.59 Å². The summed E-state index contributed by atoms with van der Waals surface area (Å²) >= 11 is 0. The van der Waals surface area contributed by atoms with Crippen LogP contribution in [0.3, 0.4) is 0 Å². The van der Waals surface area contributed by atoms with E-state index in [1.165, 1.54) is 0 Å². The third-order valence-corrected chi connectivity index (χ3v) is 4.01. The molecule has 144 valence electrons. The molecule has 0 radical (unpaired) electrons. The lowest BCUT2D eigenvalue weighted by Gasteiger charge is -2.06. The molecular weight excluding hydrogens is 358 g/mol. The standard InChI is InChI=1S/C21H21N3O4/c1-3-27-21(26)16-8-10-17(11-9-16)22-18(25)12-13-19-23-24-20(28-19)15-6-4-14(2)5-7-15/h4-11H,3,12-13H2,1-2H3,(H,22,25). The number of esters is 1. The molecule has 1 heterocycles. The van der Waals surface area contributed by atoms with Gasteiger partial charge in [0.05, 0.1) is 12.2 Å². The van der Waals surface area contributed by atoms with Gasteiger partial charge in [-0.15, -0.1) is 10.2 Å². The number of nitrogens with zero attached hydrogens (tertiary/aromatic N) is 2. The summed E-state index contributed by atoms with van der Waals surface area (Å²) in [6, 6.07) is 14.3. The average molecular weight is 379 g/mol. The summed E-state index contributed by atoms with van der Waals surface area (Å²) in [6.45, 7) is 4.07. The van der Waals surface area contributed by atoms with E-state index in [2.05, 4.69) is 15.5 Å². The van der Waals surface area contributed by atoms with Crippen LogP contribution in [0, 0.1) is 6.92 Å². The lowest BCUT2D eigenvalue weighted by Crippen LogP contribution is -2.12. The molecule has 7 nitrogen and oxygen atoms in total. The smallest absolute Gasteiger partial charge is 0.338 e. The van der Waals surface area contributed by atoms with Crippen LogP contribution in [-0.4, -0.2) is 28.7 Å². The topological polar surface area (TPSA) is 94.3 Å². The molecule has 0 saturated heterocycles. The Balaban J connectivity index is 1.52. The molecule has 0 spiro atoms. The molecular formula is C21H21N3O4. The summed E-state index contributed by atoms with van der Waals surface area (Å²) < 4.78 is 10.5. The number of aromatic nitrogens is 2. The van der Waals surface area contributed by atoms with E-state index in [0.29, 0.717) is 36.1 Å². The molecule has 0 unspecified atom stereocenters. The highest BCUT2D eigenvalue weighted by Crippen LogP contribution is 2.19. The van der Waals surface area contributed by atoms with Crippen molar-refractivity contribution in [2.45, 2.75) is 26.7 Å². The lowest BCUT2D eigenvalue weighted by molar-refractivity contribution is -0.116. The number of rotatable bonds is 7. The number of anilines is 1. The Morgan fingerprint density at radius 1 is 1.04 bits per heavy atom. The Morgan fingerprint density at radius 3 is 2.43 bits per heavy atom. The van der Waals surface area contributed by atoms with Gasteiger partial charge < -0.3 is 14.5 Å². The van der Waals surface area contributed by atoms with Crippen molar-refractivity contribution in [3.8, 4) is 11.5 Å². The van der Waals surface area contributed by atoms with E-state index in [-0.39, 0.29) is 18.3 Å². The van der Waals surface area contributed by atoms with E-state index >= 15 is 0 Å². The van der Waals surface area contributed by atoms with Crippen LogP contribution in [-0.2, 0) is 16.0 Å². The van der Waals surface area contributed by atoms with Gasteiger partial charge in [-0.05, 0) is 50.2 Å². The van der Waals surface area contributed by atoms with Crippen molar-refractivity contribution in [3.63, 3.8) is 0 Å². The Kier molecular flexibility index (Phi) is 6.16. The van der Waals surface area contributed by atoms with Crippen LogP contribution in [0.5, 0.6) is 0 Å². The number of aryl methyl sites for hydroxylation is 2. The molecule has 0 fully saturated rings. The Bertz CT molecular complexity index is 947. The third-order valence-electron chi connectivity index (χ3n) is 4.01. The minimum Gasteiger partial charge on any atom is -0.462 e. The minimum atomic E-state index is -0.388. The van der Waals surface area contributed by atoms with Crippen LogP contribution >= 0.6 is 0 Å². The SMILES string of the molecule is CCOC(=O)c1ccc(NC(=O)CCc2nnc(-c3ccc(C)cc3)o2)cc1. The zero-order valence-corrected chi connectivity index (χ0v) is 15.8. The summed E-state index contributed by atoms with van der Waals surface area (Å²) in [5, 5.41) is 10.8. The lowest BCUT2D eigenvalue weighted by atomic mass is 10.1. The molecule has 7 heteroatoms. The van der Waals surface area contributed by atoms with Gasteiger partial charge in [0.25, 0.3) is 0 Å². The van der Waals surface area contributed by atoms with Crippen LogP contribution in [0.1, 0.15) is 35.2 Å². The van der Waals surface area contributed by atoms with Gasteiger partial charge >= 0.3 is 5.97 Å². The zero-order chi connectivity index (χ0) is 19.9. The molecule has 0 aliphatic carbocycles. The summed E-state index contributed by atoms with van der Waals surface area (Å²) in [5.41, 5.74) is 3.03. The first-order chi connectivity index (χ1) is 13.5. The molecule has 1 aromatic heterocycles. The Labute approximate surface area is 162 Å². The molecule has 2 aromatic carbocycles. The van der Waals surface area contributed by atoms with Gasteiger partial charge in [0.15, 0.2) is 0 Å². The number of hydrogen-bond acceptors (Lipinski definition) is 6. The first-order valence-corrected chi connectivity index (χ1v) is 9.01. The minimum absolute atomic E-state index is 0.182. The summed E-state index contributed by atoms with van der Waals surface area (Å²) in [6.07, 6.45) is 0.542. The first kappa shape index (κ1) is 19.3. The van der Waals surface area contributed by atoms with Gasteiger partial charge in [0.2, 0.25) is 17.7 Å². The predicted molar refractivity (Wildman–Crippen MR) is 104 cm³/mol. The molecule has 3 aromatic rings. The largest absolute Gasteiger partial charge is 0.462 e. The van der Waals surface area contributed by atoms with E-state index < -0.39 is 0 Å². The van der Waals surface area contributed by atoms with E-state index in [4.69, 9.17) is 9.15 Å². The molecule has 0 bridgehead atoms. The number of hydrogen-bond donors (Lipinski definition) is 1. The molecule has 0 aliphatic rings. The number of amides is 1. The number of ether oxygens (including phenoxy) is 1. The monoisotopic (exact) mass is 379 g/mol. The number of benzene rings is 2. The second-order valence-electron chi connectivity index (χ2n) is 6.21. The molecule has 1 amide bonds. The van der Waals surface area contributed by atoms with Crippen molar-refractivity contribution in [3.05, 3.63) is 65.5 Å². The Hall–Kier alpha value is -3.48. The fourth-order valence-electron chi connectivity index (χ4n) is 2.52. The van der Waals surface area contributed by atoms with Crippen LogP contribution in [0.25, 0.3) is 11.5 Å². The number of carbonyl (C=O) groups excluding carboxylic acids is 2. The van der Waals surface area contributed by atoms with Gasteiger partial charge in [-0.2, -0.15) is 0 Å². The second-order valence-corrected chi connectivity index (χ2v) is 6.21. The Morgan fingerprint density at radius 2 is 1.75 bits per heavy atom. The third kappa shape index (κ3) is 5.03. The van der Waals surface area contributed by atoms with Crippen molar-refractivity contribution in [2.75, 3.05) is 11.9 Å². The maximum absolute atomic E-state index is 12.1. The molecule has 0 saturated carbocycles. The maximum atomic E-state index is 12.1. The zero-order valence-electron chi connectivity index (χ0n) is 15.8. The van der Waals surface area contributed by atoms with E-state index in [1.54, 1.807) is 31.2 Å². The fraction of sp³-hybridized carbons (Fsp3) is 0.238. The summed E-state index contributed by atoms with van der Waals surface area (Å²) in [4.78, 5) is 23.8. The van der Waals surface area contributed by atoms with Crippen molar-refractivity contribution in [2.24, 2.45) is 0 Å². The van der Waals surface area contributed by atoms with Gasteiger partial charge in [-0.1, -0.05) is 17.7 Å². The molecule has 3 rings (SSSR count). The fourth-order valence-corrected chi connectivity index (χ4v) is 2.52. The average Bonchev–Trinajstić information content (AvgIpc) is 3.17. The van der Waals surface area contributed by atoms with Crippen LogP contribution in [0.2, 0.25) is 0 Å². The normalized spacial score (nSPS) is 10.5. The molecule has 0 aliphatic heterocycles.